The van der Waals surface area contributed by atoms with Crippen LogP contribution in [0.1, 0.15) is 18.5 Å². The van der Waals surface area contributed by atoms with Crippen molar-refractivity contribution in [2.45, 2.75) is 25.9 Å². The van der Waals surface area contributed by atoms with Gasteiger partial charge < -0.3 is 14.8 Å². The standard InChI is InChI=1S/C15H18N4O3/c1-10-13(17-14(20)12-6-4-8-21-12)15(19(2)18-10)22-11-5-3-7-16-9-11/h3,5,7,9,12H,4,6,8H2,1-2H3,(H,17,20)/t12-/m1/s1. The predicted octanol–water partition coefficient (Wildman–Crippen LogP) is 2.03. The maximum Gasteiger partial charge on any atom is 0.253 e. The molecule has 1 N–H and O–H groups in total. The third-order valence-electron chi connectivity index (χ3n) is 3.49. The van der Waals surface area contributed by atoms with E-state index < -0.39 is 6.10 Å². The van der Waals surface area contributed by atoms with Crippen LogP contribution in [0.4, 0.5) is 5.69 Å². The Bertz CT molecular complexity index is 663. The summed E-state index contributed by atoms with van der Waals surface area (Å²) < 4.78 is 12.8. The van der Waals surface area contributed by atoms with Gasteiger partial charge in [-0.3, -0.25) is 9.78 Å². The molecule has 116 valence electrons. The highest BCUT2D eigenvalue weighted by molar-refractivity contribution is 5.96. The first-order valence-electron chi connectivity index (χ1n) is 7.19. The molecule has 3 heterocycles. The minimum Gasteiger partial charge on any atom is -0.436 e. The maximum absolute atomic E-state index is 12.2. The average molecular weight is 302 g/mol. The van der Waals surface area contributed by atoms with Crippen LogP contribution in [-0.2, 0) is 16.6 Å². The van der Waals surface area contributed by atoms with Crippen LogP contribution in [0, 0.1) is 6.92 Å². The molecule has 0 aliphatic carbocycles. The van der Waals surface area contributed by atoms with Crippen molar-refractivity contribution in [3.8, 4) is 11.6 Å². The second-order valence-electron chi connectivity index (χ2n) is 5.17. The molecule has 7 nitrogen and oxygen atoms in total. The molecule has 2 aromatic rings. The number of rotatable bonds is 4. The van der Waals surface area contributed by atoms with Crippen LogP contribution in [0.15, 0.2) is 24.5 Å². The fourth-order valence-corrected chi connectivity index (χ4v) is 2.41. The van der Waals surface area contributed by atoms with E-state index in [1.807, 2.05) is 6.92 Å². The van der Waals surface area contributed by atoms with E-state index in [1.165, 1.54) is 0 Å². The summed E-state index contributed by atoms with van der Waals surface area (Å²) >= 11 is 0. The van der Waals surface area contributed by atoms with Gasteiger partial charge in [-0.05, 0) is 31.9 Å². The molecule has 0 bridgehead atoms. The van der Waals surface area contributed by atoms with Crippen LogP contribution in [0.3, 0.4) is 0 Å². The second-order valence-corrected chi connectivity index (χ2v) is 5.17. The van der Waals surface area contributed by atoms with Crippen molar-refractivity contribution in [2.24, 2.45) is 7.05 Å². The van der Waals surface area contributed by atoms with E-state index in [0.29, 0.717) is 29.6 Å². The Morgan fingerprint density at radius 1 is 1.55 bits per heavy atom. The number of ether oxygens (including phenoxy) is 2. The molecule has 1 aliphatic rings. The minimum absolute atomic E-state index is 0.162. The number of hydrogen-bond acceptors (Lipinski definition) is 5. The van der Waals surface area contributed by atoms with Gasteiger partial charge in [-0.25, -0.2) is 4.68 Å². The zero-order valence-corrected chi connectivity index (χ0v) is 12.6. The topological polar surface area (TPSA) is 78.3 Å². The van der Waals surface area contributed by atoms with Crippen molar-refractivity contribution in [1.29, 1.82) is 0 Å². The minimum atomic E-state index is -0.397. The number of aromatic nitrogens is 3. The zero-order valence-electron chi connectivity index (χ0n) is 12.6. The van der Waals surface area contributed by atoms with Crippen molar-refractivity contribution in [3.63, 3.8) is 0 Å². The maximum atomic E-state index is 12.2. The highest BCUT2D eigenvalue weighted by Crippen LogP contribution is 2.32. The number of aryl methyl sites for hydroxylation is 2. The summed E-state index contributed by atoms with van der Waals surface area (Å²) in [4.78, 5) is 16.2. The molecule has 0 saturated carbocycles. The average Bonchev–Trinajstić information content (AvgIpc) is 3.13. The lowest BCUT2D eigenvalue weighted by atomic mass is 10.2. The number of nitrogens with one attached hydrogen (secondary N) is 1. The lowest BCUT2D eigenvalue weighted by molar-refractivity contribution is -0.124. The van der Waals surface area contributed by atoms with Crippen LogP contribution in [0.5, 0.6) is 11.6 Å². The van der Waals surface area contributed by atoms with E-state index in [2.05, 4.69) is 15.4 Å². The Morgan fingerprint density at radius 2 is 2.41 bits per heavy atom. The van der Waals surface area contributed by atoms with Gasteiger partial charge in [0.25, 0.3) is 5.91 Å². The normalized spacial score (nSPS) is 17.5. The van der Waals surface area contributed by atoms with Crippen molar-refractivity contribution in [2.75, 3.05) is 11.9 Å². The fraction of sp³-hybridized carbons (Fsp3) is 0.400. The molecular formula is C15H18N4O3. The molecule has 3 rings (SSSR count). The first-order chi connectivity index (χ1) is 10.6. The predicted molar refractivity (Wildman–Crippen MR) is 79.9 cm³/mol. The SMILES string of the molecule is Cc1nn(C)c(Oc2cccnc2)c1NC(=O)[C@H]1CCCO1. The van der Waals surface area contributed by atoms with E-state index in [0.717, 1.165) is 12.8 Å². The van der Waals surface area contributed by atoms with Gasteiger partial charge in [-0.15, -0.1) is 0 Å². The number of carbonyl (C=O) groups is 1. The van der Waals surface area contributed by atoms with Gasteiger partial charge in [0.05, 0.1) is 11.9 Å². The smallest absolute Gasteiger partial charge is 0.253 e. The molecule has 1 fully saturated rings. The molecule has 7 heteroatoms. The number of hydrogen-bond donors (Lipinski definition) is 1. The summed E-state index contributed by atoms with van der Waals surface area (Å²) in [5.41, 5.74) is 1.25. The van der Waals surface area contributed by atoms with Crippen LogP contribution in [-0.4, -0.2) is 33.4 Å². The Balaban J connectivity index is 1.82. The third-order valence-corrected chi connectivity index (χ3v) is 3.49. The number of nitrogens with zero attached hydrogens (tertiary/aromatic N) is 3. The fourth-order valence-electron chi connectivity index (χ4n) is 2.41. The Kier molecular flexibility index (Phi) is 4.06. The molecule has 22 heavy (non-hydrogen) atoms. The summed E-state index contributed by atoms with van der Waals surface area (Å²) in [6, 6.07) is 3.57. The van der Waals surface area contributed by atoms with Gasteiger partial charge >= 0.3 is 0 Å². The van der Waals surface area contributed by atoms with Crippen LogP contribution in [0.25, 0.3) is 0 Å². The Hall–Kier alpha value is -2.41. The van der Waals surface area contributed by atoms with E-state index in [-0.39, 0.29) is 5.91 Å². The molecule has 0 aromatic carbocycles. The Labute approximate surface area is 128 Å². The third kappa shape index (κ3) is 2.94. The van der Waals surface area contributed by atoms with E-state index >= 15 is 0 Å². The lowest BCUT2D eigenvalue weighted by Crippen LogP contribution is -2.27. The van der Waals surface area contributed by atoms with Crippen molar-refractivity contribution in [1.82, 2.24) is 14.8 Å². The number of carbonyl (C=O) groups excluding carboxylic acids is 1. The van der Waals surface area contributed by atoms with Crippen LogP contribution >= 0.6 is 0 Å². The molecule has 0 unspecified atom stereocenters. The van der Waals surface area contributed by atoms with E-state index in [9.17, 15) is 4.79 Å². The molecule has 0 radical (unpaired) electrons. The van der Waals surface area contributed by atoms with Gasteiger partial charge in [0.2, 0.25) is 5.88 Å². The van der Waals surface area contributed by atoms with Crippen LogP contribution < -0.4 is 10.1 Å². The van der Waals surface area contributed by atoms with E-state index in [4.69, 9.17) is 9.47 Å². The van der Waals surface area contributed by atoms with Crippen molar-refractivity contribution >= 4 is 11.6 Å². The number of anilines is 1. The summed E-state index contributed by atoms with van der Waals surface area (Å²) in [5, 5.41) is 7.17. The van der Waals surface area contributed by atoms with Gasteiger partial charge in [-0.1, -0.05) is 0 Å². The highest BCUT2D eigenvalue weighted by atomic mass is 16.5. The van der Waals surface area contributed by atoms with Gasteiger partial charge in [0.15, 0.2) is 0 Å². The summed E-state index contributed by atoms with van der Waals surface area (Å²) in [5.74, 6) is 0.889. The monoisotopic (exact) mass is 302 g/mol. The second kappa shape index (κ2) is 6.15. The molecule has 0 spiro atoms. The summed E-state index contributed by atoms with van der Waals surface area (Å²) in [6.07, 6.45) is 4.52. The van der Waals surface area contributed by atoms with E-state index in [1.54, 1.807) is 36.3 Å². The molecule has 1 saturated heterocycles. The quantitative estimate of drug-likeness (QED) is 0.935. The molecule has 1 amide bonds. The first kappa shape index (κ1) is 14.5. The Morgan fingerprint density at radius 3 is 3.09 bits per heavy atom. The first-order valence-corrected chi connectivity index (χ1v) is 7.19. The molecule has 2 aromatic heterocycles. The van der Waals surface area contributed by atoms with Crippen molar-refractivity contribution < 1.29 is 14.3 Å². The molecule has 1 atom stereocenters. The van der Waals surface area contributed by atoms with Gasteiger partial charge in [0.1, 0.15) is 17.5 Å². The zero-order chi connectivity index (χ0) is 15.5. The summed E-state index contributed by atoms with van der Waals surface area (Å²) in [6.45, 7) is 2.45. The van der Waals surface area contributed by atoms with Gasteiger partial charge in [0, 0.05) is 19.9 Å². The summed E-state index contributed by atoms with van der Waals surface area (Å²) in [7, 11) is 1.76. The van der Waals surface area contributed by atoms with Crippen LogP contribution in [0.2, 0.25) is 0 Å². The molecular weight excluding hydrogens is 284 g/mol. The molecule has 1 aliphatic heterocycles. The highest BCUT2D eigenvalue weighted by Gasteiger charge is 2.26. The number of amides is 1. The van der Waals surface area contributed by atoms with Crippen molar-refractivity contribution in [3.05, 3.63) is 30.2 Å². The largest absolute Gasteiger partial charge is 0.436 e. The van der Waals surface area contributed by atoms with Gasteiger partial charge in [-0.2, -0.15) is 5.10 Å². The lowest BCUT2D eigenvalue weighted by Gasteiger charge is -2.12. The number of pyridine rings is 1.